The Balaban J connectivity index is 2.31. The number of nitrogens with zero attached hydrogens (tertiary/aromatic N) is 2. The van der Waals surface area contributed by atoms with Gasteiger partial charge < -0.3 is 10.6 Å². The summed E-state index contributed by atoms with van der Waals surface area (Å²) in [7, 11) is -5.44. The van der Waals surface area contributed by atoms with Gasteiger partial charge in [0, 0.05) is 11.9 Å². The molecule has 6 nitrogen and oxygen atoms in total. The molecule has 1 aromatic carbocycles. The maximum atomic E-state index is 12.6. The number of hydrogen-bond donors (Lipinski definition) is 2. The summed E-state index contributed by atoms with van der Waals surface area (Å²) in [5, 5.41) is 5.47. The van der Waals surface area contributed by atoms with Crippen LogP contribution in [0.25, 0.3) is 0 Å². The average molecular weight is 435 g/mol. The fourth-order valence-electron chi connectivity index (χ4n) is 1.69. The third kappa shape index (κ3) is 4.40. The molecule has 25 heavy (non-hydrogen) atoms. The van der Waals surface area contributed by atoms with Crippen molar-refractivity contribution < 1.29 is 21.6 Å². The summed E-state index contributed by atoms with van der Waals surface area (Å²) in [6.07, 6.45) is 6.55. The van der Waals surface area contributed by atoms with Crippen molar-refractivity contribution in [2.75, 3.05) is 17.2 Å². The standard InChI is InChI=1S/C14H10BrF3N4O2S/c1-2-6-19-12-11(15)8-20-13(22-12)21-9-4-3-5-10(7-9)25(23,24)14(16,17)18/h1,3-5,7-8H,6H2,(H2,19,20,21,22). The summed E-state index contributed by atoms with van der Waals surface area (Å²) in [4.78, 5) is 7.17. The molecule has 0 spiro atoms. The molecule has 0 atom stereocenters. The van der Waals surface area contributed by atoms with Crippen LogP contribution in [0.3, 0.4) is 0 Å². The zero-order chi connectivity index (χ0) is 18.7. The van der Waals surface area contributed by atoms with Crippen molar-refractivity contribution in [3.63, 3.8) is 0 Å². The Kier molecular flexibility index (Phi) is 5.54. The molecule has 0 bridgehead atoms. The van der Waals surface area contributed by atoms with Gasteiger partial charge in [0.15, 0.2) is 0 Å². The topological polar surface area (TPSA) is 84.0 Å². The maximum Gasteiger partial charge on any atom is 0.501 e. The zero-order valence-electron chi connectivity index (χ0n) is 12.3. The highest BCUT2D eigenvalue weighted by atomic mass is 79.9. The number of alkyl halides is 3. The van der Waals surface area contributed by atoms with Crippen LogP contribution in [0.15, 0.2) is 39.8 Å². The van der Waals surface area contributed by atoms with Gasteiger partial charge in [-0.2, -0.15) is 18.2 Å². The van der Waals surface area contributed by atoms with Crippen LogP contribution in [0, 0.1) is 12.3 Å². The van der Waals surface area contributed by atoms with E-state index in [1.165, 1.54) is 18.3 Å². The van der Waals surface area contributed by atoms with Gasteiger partial charge in [0.25, 0.3) is 9.84 Å². The van der Waals surface area contributed by atoms with Crippen LogP contribution in [-0.4, -0.2) is 30.4 Å². The van der Waals surface area contributed by atoms with Gasteiger partial charge in [0.1, 0.15) is 5.82 Å². The van der Waals surface area contributed by atoms with Crippen LogP contribution in [0.1, 0.15) is 0 Å². The van der Waals surface area contributed by atoms with Gasteiger partial charge in [0.2, 0.25) is 5.95 Å². The van der Waals surface area contributed by atoms with E-state index in [0.29, 0.717) is 10.3 Å². The second-order valence-electron chi connectivity index (χ2n) is 4.55. The predicted molar refractivity (Wildman–Crippen MR) is 90.0 cm³/mol. The molecule has 2 aromatic rings. The smallest absolute Gasteiger partial charge is 0.358 e. The van der Waals surface area contributed by atoms with E-state index in [1.54, 1.807) is 0 Å². The molecule has 132 valence electrons. The minimum Gasteiger partial charge on any atom is -0.358 e. The Morgan fingerprint density at radius 3 is 2.68 bits per heavy atom. The first-order valence-electron chi connectivity index (χ1n) is 6.53. The number of aromatic nitrogens is 2. The van der Waals surface area contributed by atoms with Crippen molar-refractivity contribution in [2.24, 2.45) is 0 Å². The largest absolute Gasteiger partial charge is 0.501 e. The minimum absolute atomic E-state index is 0.0456. The molecule has 0 amide bonds. The Hall–Kier alpha value is -2.32. The second kappa shape index (κ2) is 7.28. The van der Waals surface area contributed by atoms with Gasteiger partial charge >= 0.3 is 5.51 Å². The van der Waals surface area contributed by atoms with Crippen LogP contribution >= 0.6 is 15.9 Å². The quantitative estimate of drug-likeness (QED) is 0.702. The Morgan fingerprint density at radius 2 is 2.04 bits per heavy atom. The van der Waals surface area contributed by atoms with E-state index < -0.39 is 20.2 Å². The molecule has 0 saturated carbocycles. The monoisotopic (exact) mass is 434 g/mol. The SMILES string of the molecule is C#CCNc1nc(Nc2cccc(S(=O)(=O)C(F)(F)F)c2)ncc1Br. The molecular formula is C14H10BrF3N4O2S. The summed E-state index contributed by atoms with van der Waals surface area (Å²) in [6.45, 7) is 0.203. The molecule has 0 saturated heterocycles. The molecule has 11 heteroatoms. The Labute approximate surface area is 149 Å². The lowest BCUT2D eigenvalue weighted by Crippen LogP contribution is -2.23. The molecule has 0 aliphatic heterocycles. The van der Waals surface area contributed by atoms with Crippen molar-refractivity contribution in [3.05, 3.63) is 34.9 Å². The number of anilines is 3. The first-order valence-corrected chi connectivity index (χ1v) is 8.81. The number of hydrogen-bond acceptors (Lipinski definition) is 6. The van der Waals surface area contributed by atoms with Crippen LogP contribution in [-0.2, 0) is 9.84 Å². The number of sulfone groups is 1. The lowest BCUT2D eigenvalue weighted by atomic mass is 10.3. The molecule has 0 aliphatic carbocycles. The maximum absolute atomic E-state index is 12.6. The second-order valence-corrected chi connectivity index (χ2v) is 7.35. The molecule has 2 N–H and O–H groups in total. The minimum atomic E-state index is -5.44. The molecule has 0 radical (unpaired) electrons. The highest BCUT2D eigenvalue weighted by Crippen LogP contribution is 2.31. The van der Waals surface area contributed by atoms with Crippen LogP contribution in [0.2, 0.25) is 0 Å². The van der Waals surface area contributed by atoms with E-state index in [4.69, 9.17) is 6.42 Å². The van der Waals surface area contributed by atoms with Gasteiger partial charge in [-0.15, -0.1) is 6.42 Å². The summed E-state index contributed by atoms with van der Waals surface area (Å²) in [5.41, 5.74) is -5.30. The van der Waals surface area contributed by atoms with E-state index in [2.05, 4.69) is 42.5 Å². The van der Waals surface area contributed by atoms with E-state index >= 15 is 0 Å². The van der Waals surface area contributed by atoms with Gasteiger partial charge in [-0.25, -0.2) is 13.4 Å². The van der Waals surface area contributed by atoms with Crippen molar-refractivity contribution in [3.8, 4) is 12.3 Å². The lowest BCUT2D eigenvalue weighted by Gasteiger charge is -2.11. The number of terminal acetylenes is 1. The van der Waals surface area contributed by atoms with Crippen LogP contribution in [0.4, 0.5) is 30.6 Å². The van der Waals surface area contributed by atoms with E-state index in [1.807, 2.05) is 0 Å². The zero-order valence-corrected chi connectivity index (χ0v) is 14.7. The highest BCUT2D eigenvalue weighted by molar-refractivity contribution is 9.10. The molecule has 0 unspecified atom stereocenters. The number of benzene rings is 1. The Morgan fingerprint density at radius 1 is 1.32 bits per heavy atom. The third-order valence-corrected chi connectivity index (χ3v) is 4.87. The predicted octanol–water partition coefficient (Wildman–Crippen LogP) is 3.32. The van der Waals surface area contributed by atoms with Crippen LogP contribution < -0.4 is 10.6 Å². The lowest BCUT2D eigenvalue weighted by molar-refractivity contribution is -0.0435. The van der Waals surface area contributed by atoms with Crippen molar-refractivity contribution in [2.45, 2.75) is 10.4 Å². The molecule has 1 heterocycles. The molecule has 1 aromatic heterocycles. The van der Waals surface area contributed by atoms with E-state index in [9.17, 15) is 21.6 Å². The summed E-state index contributed by atoms with van der Waals surface area (Å²) < 4.78 is 61.3. The van der Waals surface area contributed by atoms with Crippen LogP contribution in [0.5, 0.6) is 0 Å². The number of rotatable bonds is 5. The fourth-order valence-corrected chi connectivity index (χ4v) is 2.83. The number of halogens is 4. The molecule has 0 aliphatic rings. The average Bonchev–Trinajstić information content (AvgIpc) is 2.54. The first kappa shape index (κ1) is 19.0. The molecule has 0 fully saturated rings. The van der Waals surface area contributed by atoms with E-state index in [-0.39, 0.29) is 18.2 Å². The Bertz CT molecular complexity index is 926. The van der Waals surface area contributed by atoms with E-state index in [0.717, 1.165) is 12.1 Å². The highest BCUT2D eigenvalue weighted by Gasteiger charge is 2.46. The number of nitrogens with one attached hydrogen (secondary N) is 2. The van der Waals surface area contributed by atoms with Crippen molar-refractivity contribution in [1.29, 1.82) is 0 Å². The normalized spacial score (nSPS) is 11.6. The summed E-state index contributed by atoms with van der Waals surface area (Å²) >= 11 is 3.22. The van der Waals surface area contributed by atoms with Gasteiger partial charge in [-0.05, 0) is 34.1 Å². The summed E-state index contributed by atoms with van der Waals surface area (Å²) in [5.74, 6) is 2.78. The molecular weight excluding hydrogens is 425 g/mol. The third-order valence-electron chi connectivity index (χ3n) is 2.81. The fraction of sp³-hybridized carbons (Fsp3) is 0.143. The van der Waals surface area contributed by atoms with Gasteiger partial charge in [-0.3, -0.25) is 0 Å². The van der Waals surface area contributed by atoms with Gasteiger partial charge in [-0.1, -0.05) is 12.0 Å². The molecule has 2 rings (SSSR count). The van der Waals surface area contributed by atoms with Crippen molar-refractivity contribution in [1.82, 2.24) is 9.97 Å². The van der Waals surface area contributed by atoms with Gasteiger partial charge in [0.05, 0.1) is 15.9 Å². The first-order chi connectivity index (χ1) is 11.6. The van der Waals surface area contributed by atoms with Crippen molar-refractivity contribution >= 4 is 43.2 Å². The summed E-state index contributed by atoms with van der Waals surface area (Å²) in [6, 6.07) is 4.27.